The van der Waals surface area contributed by atoms with Crippen LogP contribution in [-0.2, 0) is 10.9 Å². The first-order valence-electron chi connectivity index (χ1n) is 6.92. The van der Waals surface area contributed by atoms with E-state index in [1.54, 1.807) is 6.92 Å². The molecule has 0 saturated carbocycles. The first-order chi connectivity index (χ1) is 11.6. The quantitative estimate of drug-likeness (QED) is 0.639. The molecule has 0 aliphatic carbocycles. The number of aliphatic hydroxyl groups is 1. The summed E-state index contributed by atoms with van der Waals surface area (Å²) < 4.78 is 45.1. The number of nitrogens with two attached hydrogens (primary N) is 2. The van der Waals surface area contributed by atoms with Gasteiger partial charge in [0.25, 0.3) is 5.91 Å². The van der Waals surface area contributed by atoms with Gasteiger partial charge in [0, 0.05) is 11.1 Å². The molecule has 7 nitrogen and oxygen atoms in total. The number of hydrogen-bond donors (Lipinski definition) is 3. The molecule has 1 unspecified atom stereocenters. The number of carbonyl (C=O) groups is 1. The van der Waals surface area contributed by atoms with Gasteiger partial charge in [-0.2, -0.15) is 18.3 Å². The predicted octanol–water partition coefficient (Wildman–Crippen LogP) is 2.36. The van der Waals surface area contributed by atoms with Gasteiger partial charge < -0.3 is 21.3 Å². The molecular formula is C14H14BrF3N4O3. The Morgan fingerprint density at radius 1 is 1.48 bits per heavy atom. The largest absolute Gasteiger partial charge is 0.417 e. The molecular weight excluding hydrogens is 409 g/mol. The lowest BCUT2D eigenvalue weighted by atomic mass is 10.2. The van der Waals surface area contributed by atoms with E-state index in [1.807, 2.05) is 0 Å². The Labute approximate surface area is 148 Å². The van der Waals surface area contributed by atoms with Gasteiger partial charge in [-0.05, 0) is 25.1 Å². The van der Waals surface area contributed by atoms with Crippen LogP contribution in [0.5, 0.6) is 0 Å². The highest BCUT2D eigenvalue weighted by atomic mass is 79.9. The number of aliphatic hydroxyl groups excluding tert-OH is 1. The van der Waals surface area contributed by atoms with Crippen LogP contribution in [0.25, 0.3) is 5.69 Å². The van der Waals surface area contributed by atoms with Crippen molar-refractivity contribution < 1.29 is 27.8 Å². The predicted molar refractivity (Wildman–Crippen MR) is 85.8 cm³/mol. The number of anilines is 1. The molecule has 0 saturated heterocycles. The Kier molecular flexibility index (Phi) is 5.40. The number of alkyl halides is 3. The number of amides is 1. The van der Waals surface area contributed by atoms with Gasteiger partial charge in [0.1, 0.15) is 5.69 Å². The fraction of sp³-hybridized carbons (Fsp3) is 0.286. The number of ether oxygens (including phenoxy) is 1. The smallest absolute Gasteiger partial charge is 0.395 e. The molecule has 0 fully saturated rings. The molecule has 0 aliphatic rings. The molecule has 1 aromatic carbocycles. The maximum Gasteiger partial charge on any atom is 0.417 e. The highest BCUT2D eigenvalue weighted by Gasteiger charge is 2.34. The average molecular weight is 423 g/mol. The van der Waals surface area contributed by atoms with Crippen molar-refractivity contribution in [2.24, 2.45) is 5.73 Å². The van der Waals surface area contributed by atoms with Crippen LogP contribution in [0.2, 0.25) is 0 Å². The number of halogens is 4. The first-order valence-corrected chi connectivity index (χ1v) is 7.72. The van der Waals surface area contributed by atoms with Gasteiger partial charge in [-0.1, -0.05) is 15.9 Å². The summed E-state index contributed by atoms with van der Waals surface area (Å²) in [5, 5.41) is 13.9. The maximum atomic E-state index is 13.1. The molecule has 2 aromatic rings. The van der Waals surface area contributed by atoms with E-state index in [-0.39, 0.29) is 33.8 Å². The molecule has 11 heteroatoms. The van der Waals surface area contributed by atoms with E-state index in [1.165, 1.54) is 6.07 Å². The van der Waals surface area contributed by atoms with Crippen molar-refractivity contribution in [3.63, 3.8) is 0 Å². The second-order valence-electron chi connectivity index (χ2n) is 4.89. The number of nitrogen functional groups attached to an aromatic ring is 1. The monoisotopic (exact) mass is 422 g/mol. The Hall–Kier alpha value is -2.11. The lowest BCUT2D eigenvalue weighted by Gasteiger charge is -2.16. The second kappa shape index (κ2) is 7.02. The summed E-state index contributed by atoms with van der Waals surface area (Å²) in [5.74, 6) is -0.991. The van der Waals surface area contributed by atoms with E-state index >= 15 is 0 Å². The molecule has 136 valence electrons. The van der Waals surface area contributed by atoms with Crippen molar-refractivity contribution in [1.29, 1.82) is 0 Å². The lowest BCUT2D eigenvalue weighted by molar-refractivity contribution is -0.138. The highest BCUT2D eigenvalue weighted by Crippen LogP contribution is 2.37. The summed E-state index contributed by atoms with van der Waals surface area (Å²) in [4.78, 5) is 11.4. The summed E-state index contributed by atoms with van der Waals surface area (Å²) in [6.07, 6.45) is -6.23. The van der Waals surface area contributed by atoms with Crippen LogP contribution in [0.1, 0.15) is 35.0 Å². The zero-order valence-electron chi connectivity index (χ0n) is 12.8. The van der Waals surface area contributed by atoms with Crippen molar-refractivity contribution in [1.82, 2.24) is 9.78 Å². The Bertz CT molecular complexity index is 807. The summed E-state index contributed by atoms with van der Waals surface area (Å²) in [5.41, 5.74) is 9.05. The molecule has 0 bridgehead atoms. The summed E-state index contributed by atoms with van der Waals surface area (Å²) in [7, 11) is 0. The molecule has 0 aliphatic heterocycles. The SMILES string of the molecule is CCOC(O)c1c(N)c(C(N)=O)nn1-c1ccc(Br)c(C(F)(F)F)c1. The minimum absolute atomic E-state index is 0.0801. The normalized spacial score (nSPS) is 13.0. The Balaban J connectivity index is 2.70. The molecule has 0 radical (unpaired) electrons. The summed E-state index contributed by atoms with van der Waals surface area (Å²) >= 11 is 2.83. The van der Waals surface area contributed by atoms with Gasteiger partial charge in [-0.3, -0.25) is 4.79 Å². The van der Waals surface area contributed by atoms with E-state index in [2.05, 4.69) is 21.0 Å². The number of rotatable bonds is 5. The van der Waals surface area contributed by atoms with Crippen LogP contribution < -0.4 is 11.5 Å². The van der Waals surface area contributed by atoms with E-state index in [0.29, 0.717) is 0 Å². The van der Waals surface area contributed by atoms with Crippen LogP contribution in [0.15, 0.2) is 22.7 Å². The van der Waals surface area contributed by atoms with E-state index in [0.717, 1.165) is 16.8 Å². The third-order valence-electron chi connectivity index (χ3n) is 3.25. The fourth-order valence-electron chi connectivity index (χ4n) is 2.16. The number of nitrogens with zero attached hydrogens (tertiary/aromatic N) is 2. The number of aromatic nitrogens is 2. The van der Waals surface area contributed by atoms with Gasteiger partial charge in [-0.25, -0.2) is 4.68 Å². The topological polar surface area (TPSA) is 116 Å². The van der Waals surface area contributed by atoms with Gasteiger partial charge in [-0.15, -0.1) is 0 Å². The van der Waals surface area contributed by atoms with E-state index in [9.17, 15) is 23.1 Å². The molecule has 2 rings (SSSR count). The number of carbonyl (C=O) groups excluding carboxylic acids is 1. The van der Waals surface area contributed by atoms with Crippen LogP contribution in [0.3, 0.4) is 0 Å². The van der Waals surface area contributed by atoms with Crippen LogP contribution in [0, 0.1) is 0 Å². The van der Waals surface area contributed by atoms with Crippen molar-refractivity contribution in [3.05, 3.63) is 39.6 Å². The van der Waals surface area contributed by atoms with Crippen molar-refractivity contribution in [2.45, 2.75) is 19.4 Å². The standard InChI is InChI=1S/C14H14BrF3N4O3/c1-2-25-13(24)11-9(19)10(12(20)23)21-22(11)6-3-4-8(15)7(5-6)14(16,17)18/h3-5,13,24H,2,19H2,1H3,(H2,20,23). The number of hydrogen-bond acceptors (Lipinski definition) is 5. The minimum Gasteiger partial charge on any atom is -0.395 e. The van der Waals surface area contributed by atoms with E-state index < -0.39 is 23.9 Å². The molecule has 1 aromatic heterocycles. The third-order valence-corrected chi connectivity index (χ3v) is 3.94. The van der Waals surface area contributed by atoms with Crippen molar-refractivity contribution >= 4 is 27.5 Å². The molecule has 0 spiro atoms. The molecule has 1 amide bonds. The Morgan fingerprint density at radius 2 is 2.12 bits per heavy atom. The van der Waals surface area contributed by atoms with Gasteiger partial charge >= 0.3 is 6.18 Å². The minimum atomic E-state index is -4.63. The lowest BCUT2D eigenvalue weighted by Crippen LogP contribution is -2.14. The van der Waals surface area contributed by atoms with Gasteiger partial charge in [0.15, 0.2) is 5.69 Å². The zero-order valence-corrected chi connectivity index (χ0v) is 14.4. The zero-order chi connectivity index (χ0) is 18.9. The third kappa shape index (κ3) is 3.78. The first kappa shape index (κ1) is 19.2. The summed E-state index contributed by atoms with van der Waals surface area (Å²) in [6, 6.07) is 3.26. The average Bonchev–Trinajstić information content (AvgIpc) is 2.84. The van der Waals surface area contributed by atoms with Gasteiger partial charge in [0.2, 0.25) is 6.29 Å². The van der Waals surface area contributed by atoms with Crippen molar-refractivity contribution in [2.75, 3.05) is 12.3 Å². The number of primary amides is 1. The molecule has 1 atom stereocenters. The van der Waals surface area contributed by atoms with E-state index in [4.69, 9.17) is 16.2 Å². The summed E-state index contributed by atoms with van der Waals surface area (Å²) in [6.45, 7) is 1.68. The number of benzene rings is 1. The molecule has 25 heavy (non-hydrogen) atoms. The Morgan fingerprint density at radius 3 is 2.64 bits per heavy atom. The second-order valence-corrected chi connectivity index (χ2v) is 5.75. The van der Waals surface area contributed by atoms with Crippen molar-refractivity contribution in [3.8, 4) is 5.69 Å². The molecule has 1 heterocycles. The molecule has 5 N–H and O–H groups in total. The fourth-order valence-corrected chi connectivity index (χ4v) is 2.63. The van der Waals surface area contributed by atoms with Gasteiger partial charge in [0.05, 0.1) is 16.9 Å². The van der Waals surface area contributed by atoms with Crippen LogP contribution in [0.4, 0.5) is 18.9 Å². The van der Waals surface area contributed by atoms with Crippen LogP contribution >= 0.6 is 15.9 Å². The van der Waals surface area contributed by atoms with Crippen LogP contribution in [-0.4, -0.2) is 27.4 Å². The highest BCUT2D eigenvalue weighted by molar-refractivity contribution is 9.10. The maximum absolute atomic E-state index is 13.1.